The molecular weight excluding hydrogens is 360 g/mol. The molecule has 3 amide bonds. The van der Waals surface area contributed by atoms with E-state index in [4.69, 9.17) is 17.3 Å². The molecule has 0 spiro atoms. The van der Waals surface area contributed by atoms with Crippen LogP contribution >= 0.6 is 11.6 Å². The number of guanidine groups is 1. The Kier molecular flexibility index (Phi) is 6.96. The van der Waals surface area contributed by atoms with Crippen LogP contribution in [0, 0.1) is 0 Å². The van der Waals surface area contributed by atoms with Gasteiger partial charge in [-0.1, -0.05) is 24.4 Å². The van der Waals surface area contributed by atoms with Crippen molar-refractivity contribution >= 4 is 41.1 Å². The predicted octanol–water partition coefficient (Wildman–Crippen LogP) is 1.10. The van der Waals surface area contributed by atoms with Gasteiger partial charge in [0.05, 0.1) is 0 Å². The van der Waals surface area contributed by atoms with Crippen LogP contribution in [0.2, 0.25) is 5.15 Å². The fourth-order valence-electron chi connectivity index (χ4n) is 2.57. The van der Waals surface area contributed by atoms with Crippen molar-refractivity contribution in [3.8, 4) is 0 Å². The van der Waals surface area contributed by atoms with E-state index in [9.17, 15) is 9.59 Å². The second-order valence-electron chi connectivity index (χ2n) is 5.73. The van der Waals surface area contributed by atoms with Gasteiger partial charge < -0.3 is 16.4 Å². The molecule has 11 heteroatoms. The number of carbonyl (C=O) groups is 2. The van der Waals surface area contributed by atoms with Crippen molar-refractivity contribution < 1.29 is 9.59 Å². The first kappa shape index (κ1) is 19.7. The zero-order valence-corrected chi connectivity index (χ0v) is 15.5. The highest BCUT2D eigenvalue weighted by molar-refractivity contribution is 6.32. The quantitative estimate of drug-likeness (QED) is 0.389. The Morgan fingerprint density at radius 2 is 1.96 bits per heavy atom. The van der Waals surface area contributed by atoms with Crippen LogP contribution in [0.15, 0.2) is 4.99 Å². The van der Waals surface area contributed by atoms with Gasteiger partial charge in [-0.05, 0) is 19.8 Å². The summed E-state index contributed by atoms with van der Waals surface area (Å²) in [6.45, 7) is 2.20. The zero-order chi connectivity index (χ0) is 19.1. The Morgan fingerprint density at radius 3 is 2.58 bits per heavy atom. The van der Waals surface area contributed by atoms with Crippen LogP contribution in [-0.2, 0) is 0 Å². The summed E-state index contributed by atoms with van der Waals surface area (Å²) in [7, 11) is 1.42. The van der Waals surface area contributed by atoms with Gasteiger partial charge in [-0.25, -0.2) is 14.8 Å². The van der Waals surface area contributed by atoms with Crippen LogP contribution in [0.4, 0.5) is 16.4 Å². The van der Waals surface area contributed by atoms with Gasteiger partial charge in [-0.15, -0.1) is 0 Å². The molecule has 1 aliphatic carbocycles. The fraction of sp³-hybridized carbons (Fsp3) is 0.533. The van der Waals surface area contributed by atoms with Crippen LogP contribution in [0.3, 0.4) is 0 Å². The van der Waals surface area contributed by atoms with Crippen LogP contribution in [-0.4, -0.2) is 47.5 Å². The molecule has 0 aliphatic heterocycles. The molecule has 6 N–H and O–H groups in total. The van der Waals surface area contributed by atoms with E-state index in [1.54, 1.807) is 6.92 Å². The van der Waals surface area contributed by atoms with Crippen molar-refractivity contribution in [1.29, 1.82) is 0 Å². The number of anilines is 2. The Bertz CT molecular complexity index is 703. The molecule has 26 heavy (non-hydrogen) atoms. The minimum absolute atomic E-state index is 0.0496. The lowest BCUT2D eigenvalue weighted by molar-refractivity contribution is 0.0972. The highest BCUT2D eigenvalue weighted by Gasteiger charge is 2.21. The average Bonchev–Trinajstić information content (AvgIpc) is 3.10. The summed E-state index contributed by atoms with van der Waals surface area (Å²) in [6, 6.07) is -0.220. The minimum Gasteiger partial charge on any atom is -0.382 e. The monoisotopic (exact) mass is 382 g/mol. The molecule has 1 aromatic heterocycles. The van der Waals surface area contributed by atoms with Crippen molar-refractivity contribution in [2.24, 2.45) is 4.99 Å². The number of hydrogen-bond acceptors (Lipinski definition) is 7. The number of halogens is 1. The van der Waals surface area contributed by atoms with Crippen LogP contribution in [0.1, 0.15) is 43.1 Å². The molecule has 0 saturated heterocycles. The zero-order valence-electron chi connectivity index (χ0n) is 14.7. The van der Waals surface area contributed by atoms with E-state index in [2.05, 4.69) is 36.2 Å². The van der Waals surface area contributed by atoms with Crippen LogP contribution < -0.4 is 27.0 Å². The first-order chi connectivity index (χ1) is 12.4. The van der Waals surface area contributed by atoms with Gasteiger partial charge in [0.15, 0.2) is 22.5 Å². The number of nitrogen functional groups attached to an aromatic ring is 1. The summed E-state index contributed by atoms with van der Waals surface area (Å²) < 4.78 is 0. The Hall–Kier alpha value is -2.62. The number of rotatable bonds is 4. The summed E-state index contributed by atoms with van der Waals surface area (Å²) in [5, 5.41) is 10.6. The number of urea groups is 1. The Morgan fingerprint density at radius 1 is 1.27 bits per heavy atom. The van der Waals surface area contributed by atoms with E-state index in [1.165, 1.54) is 7.05 Å². The van der Waals surface area contributed by atoms with E-state index >= 15 is 0 Å². The van der Waals surface area contributed by atoms with Crippen LogP contribution in [0.25, 0.3) is 0 Å². The molecule has 1 heterocycles. The predicted molar refractivity (Wildman–Crippen MR) is 100 cm³/mol. The van der Waals surface area contributed by atoms with Crippen LogP contribution in [0.5, 0.6) is 0 Å². The number of nitrogens with one attached hydrogen (secondary N) is 4. The van der Waals surface area contributed by atoms with Crippen molar-refractivity contribution in [3.63, 3.8) is 0 Å². The lowest BCUT2D eigenvalue weighted by atomic mass is 10.2. The van der Waals surface area contributed by atoms with E-state index in [1.807, 2.05) is 0 Å². The number of hydrogen-bond donors (Lipinski definition) is 5. The average molecular weight is 383 g/mol. The maximum absolute atomic E-state index is 12.4. The van der Waals surface area contributed by atoms with E-state index in [0.717, 1.165) is 25.7 Å². The van der Waals surface area contributed by atoms with Crippen molar-refractivity contribution in [2.45, 2.75) is 38.6 Å². The third-order valence-electron chi connectivity index (χ3n) is 3.82. The summed E-state index contributed by atoms with van der Waals surface area (Å²) in [5.74, 6) is -0.438. The normalized spacial score (nSPS) is 14.8. The molecule has 10 nitrogen and oxygen atoms in total. The summed E-state index contributed by atoms with van der Waals surface area (Å²) >= 11 is 6.14. The number of nitrogens with zero attached hydrogens (tertiary/aromatic N) is 3. The minimum atomic E-state index is -0.679. The molecule has 0 radical (unpaired) electrons. The molecular formula is C15H23ClN8O2. The summed E-state index contributed by atoms with van der Waals surface area (Å²) in [6.07, 6.45) is 4.36. The Balaban J connectivity index is 2.08. The molecule has 0 atom stereocenters. The summed E-state index contributed by atoms with van der Waals surface area (Å²) in [4.78, 5) is 35.9. The molecule has 1 fully saturated rings. The third-order valence-corrected chi connectivity index (χ3v) is 4.08. The lowest BCUT2D eigenvalue weighted by Gasteiger charge is -2.15. The molecule has 0 bridgehead atoms. The van der Waals surface area contributed by atoms with Gasteiger partial charge in [0.1, 0.15) is 0 Å². The van der Waals surface area contributed by atoms with Crippen molar-refractivity contribution in [1.82, 2.24) is 25.9 Å². The second-order valence-corrected chi connectivity index (χ2v) is 6.09. The van der Waals surface area contributed by atoms with Gasteiger partial charge in [-0.2, -0.15) is 0 Å². The van der Waals surface area contributed by atoms with Gasteiger partial charge in [0.2, 0.25) is 5.96 Å². The Labute approximate surface area is 156 Å². The number of aliphatic imine (C=N–C) groups is 1. The van der Waals surface area contributed by atoms with E-state index < -0.39 is 11.9 Å². The van der Waals surface area contributed by atoms with E-state index in [-0.39, 0.29) is 28.7 Å². The molecule has 1 saturated carbocycles. The molecule has 2 rings (SSSR count). The highest BCUT2D eigenvalue weighted by atomic mass is 35.5. The molecule has 142 valence electrons. The van der Waals surface area contributed by atoms with Gasteiger partial charge >= 0.3 is 6.03 Å². The van der Waals surface area contributed by atoms with E-state index in [0.29, 0.717) is 12.4 Å². The standard InChI is InChI=1S/C15H23ClN8O2/c1-3-19-15(26)24-14(18-2)23-13(25)9-11(17)22-12(10(16)21-9)20-8-6-4-5-7-8/h8H,3-7H2,1-2H3,(H3,17,20,22)(H3,18,19,23,24,25,26). The summed E-state index contributed by atoms with van der Waals surface area (Å²) in [5.41, 5.74) is 5.71. The SMILES string of the molecule is CCNC(=O)NC(=NC)NC(=O)c1nc(Cl)c(NC2CCCC2)nc1N. The smallest absolute Gasteiger partial charge is 0.321 e. The van der Waals surface area contributed by atoms with Crippen molar-refractivity contribution in [3.05, 3.63) is 10.8 Å². The maximum Gasteiger partial charge on any atom is 0.321 e. The van der Waals surface area contributed by atoms with Gasteiger partial charge in [-0.3, -0.25) is 20.4 Å². The fourth-order valence-corrected chi connectivity index (χ4v) is 2.75. The van der Waals surface area contributed by atoms with Gasteiger partial charge in [0, 0.05) is 19.6 Å². The topological polar surface area (TPSA) is 146 Å². The lowest BCUT2D eigenvalue weighted by Crippen LogP contribution is -2.48. The highest BCUT2D eigenvalue weighted by Crippen LogP contribution is 2.26. The first-order valence-corrected chi connectivity index (χ1v) is 8.74. The number of aromatic nitrogens is 2. The van der Waals surface area contributed by atoms with Gasteiger partial charge in [0.25, 0.3) is 5.91 Å². The number of amides is 3. The molecule has 1 aromatic rings. The first-order valence-electron chi connectivity index (χ1n) is 8.37. The second kappa shape index (κ2) is 9.18. The number of nitrogens with two attached hydrogens (primary N) is 1. The largest absolute Gasteiger partial charge is 0.382 e. The maximum atomic E-state index is 12.4. The molecule has 0 unspecified atom stereocenters. The van der Waals surface area contributed by atoms with Crippen molar-refractivity contribution in [2.75, 3.05) is 24.6 Å². The molecule has 1 aliphatic rings. The third kappa shape index (κ3) is 5.19. The number of carbonyl (C=O) groups excluding carboxylic acids is 2. The molecule has 0 aromatic carbocycles.